The van der Waals surface area contributed by atoms with Crippen molar-refractivity contribution in [3.8, 4) is 28.3 Å². The molecule has 0 saturated carbocycles. The van der Waals surface area contributed by atoms with Crippen LogP contribution < -0.4 is 15.4 Å². The lowest BCUT2D eigenvalue weighted by molar-refractivity contribution is -0.141. The topological polar surface area (TPSA) is 94.2 Å². The van der Waals surface area contributed by atoms with Crippen molar-refractivity contribution in [1.82, 2.24) is 15.0 Å². The zero-order chi connectivity index (χ0) is 28.3. The Labute approximate surface area is 229 Å². The molecular weight excluding hydrogens is 519 g/mol. The van der Waals surface area contributed by atoms with Gasteiger partial charge in [0.2, 0.25) is 11.8 Å². The Hall–Kier alpha value is -4.47. The summed E-state index contributed by atoms with van der Waals surface area (Å²) in [5, 5.41) is 0. The highest BCUT2D eigenvalue weighted by molar-refractivity contribution is 5.85. The number of halogens is 3. The minimum absolute atomic E-state index is 0.0520. The number of nitrogens with two attached hydrogens (primary N) is 1. The van der Waals surface area contributed by atoms with Gasteiger partial charge in [-0.15, -0.1) is 0 Å². The van der Waals surface area contributed by atoms with Gasteiger partial charge in [-0.1, -0.05) is 42.5 Å². The van der Waals surface area contributed by atoms with Crippen LogP contribution in [0.3, 0.4) is 0 Å². The number of carbonyl (C=O) groups excluding carboxylic acids is 1. The van der Waals surface area contributed by atoms with Gasteiger partial charge in [0.25, 0.3) is 0 Å². The molecule has 0 unspecified atom stereocenters. The average Bonchev–Trinajstić information content (AvgIpc) is 2.93. The molecule has 3 heterocycles. The van der Waals surface area contributed by atoms with Gasteiger partial charge in [-0.05, 0) is 42.3 Å². The molecule has 0 spiro atoms. The Balaban J connectivity index is 1.43. The number of benzene rings is 2. The van der Waals surface area contributed by atoms with Gasteiger partial charge in [0.15, 0.2) is 0 Å². The number of ketones is 1. The van der Waals surface area contributed by atoms with E-state index in [-0.39, 0.29) is 29.7 Å². The molecule has 0 atom stereocenters. The molecule has 0 bridgehead atoms. The summed E-state index contributed by atoms with van der Waals surface area (Å²) in [6.07, 6.45) is -2.97. The molecule has 10 heteroatoms. The highest BCUT2D eigenvalue weighted by Crippen LogP contribution is 2.40. The zero-order valence-corrected chi connectivity index (χ0v) is 21.9. The third-order valence-electron chi connectivity index (χ3n) is 6.72. The Morgan fingerprint density at radius 1 is 0.925 bits per heavy atom. The molecule has 0 amide bonds. The van der Waals surface area contributed by atoms with Gasteiger partial charge in [-0.3, -0.25) is 4.79 Å². The number of nitrogen functional groups attached to an aromatic ring is 1. The summed E-state index contributed by atoms with van der Waals surface area (Å²) in [5.74, 6) is 0.338. The van der Waals surface area contributed by atoms with Crippen LogP contribution >= 0.6 is 0 Å². The Kier molecular flexibility index (Phi) is 7.68. The molecule has 206 valence electrons. The van der Waals surface area contributed by atoms with Crippen molar-refractivity contribution in [2.75, 3.05) is 30.3 Å². The van der Waals surface area contributed by atoms with E-state index in [1.165, 1.54) is 6.92 Å². The summed E-state index contributed by atoms with van der Waals surface area (Å²) in [6, 6.07) is 19.6. The molecule has 1 saturated heterocycles. The van der Waals surface area contributed by atoms with Crippen LogP contribution in [0, 0.1) is 6.92 Å². The number of anilines is 2. The fourth-order valence-corrected chi connectivity index (χ4v) is 4.74. The molecule has 40 heavy (non-hydrogen) atoms. The van der Waals surface area contributed by atoms with E-state index in [1.807, 2.05) is 42.5 Å². The third-order valence-corrected chi connectivity index (χ3v) is 6.72. The van der Waals surface area contributed by atoms with Gasteiger partial charge in [0, 0.05) is 49.3 Å². The van der Waals surface area contributed by atoms with Crippen molar-refractivity contribution in [3.05, 3.63) is 83.7 Å². The van der Waals surface area contributed by atoms with Crippen LogP contribution in [0.1, 0.15) is 29.8 Å². The Morgan fingerprint density at radius 2 is 1.62 bits per heavy atom. The van der Waals surface area contributed by atoms with Crippen LogP contribution in [0.2, 0.25) is 0 Å². The molecule has 4 aromatic rings. The standard InChI is InChI=1S/C30H28F3N5O2/c1-19-17-22(18-25(35-19)30(31,32)33)26-27(21-5-3-2-4-6-21)36-29(34)37-28(26)40-16-13-20-7-9-23(10-8-20)38-14-11-24(39)12-15-38/h2-10,17-18H,11-16H2,1H3,(H2,34,36,37). The fourth-order valence-electron chi connectivity index (χ4n) is 4.74. The number of Topliss-reactive ketones (excluding diaryl/α,β-unsaturated/α-hetero) is 1. The first-order valence-electron chi connectivity index (χ1n) is 12.9. The van der Waals surface area contributed by atoms with Gasteiger partial charge in [0.1, 0.15) is 11.5 Å². The maximum atomic E-state index is 13.6. The summed E-state index contributed by atoms with van der Waals surface area (Å²) < 4.78 is 47.0. The van der Waals surface area contributed by atoms with E-state index in [1.54, 1.807) is 18.2 Å². The second-order valence-corrected chi connectivity index (χ2v) is 9.65. The van der Waals surface area contributed by atoms with Crippen molar-refractivity contribution in [2.24, 2.45) is 0 Å². The van der Waals surface area contributed by atoms with E-state index >= 15 is 0 Å². The lowest BCUT2D eigenvalue weighted by Crippen LogP contribution is -2.33. The monoisotopic (exact) mass is 547 g/mol. The van der Waals surface area contributed by atoms with Gasteiger partial charge in [-0.25, -0.2) is 9.97 Å². The van der Waals surface area contributed by atoms with Crippen LogP contribution in [0.15, 0.2) is 66.7 Å². The molecule has 5 rings (SSSR count). The maximum Gasteiger partial charge on any atom is 0.433 e. The lowest BCUT2D eigenvalue weighted by atomic mass is 9.99. The average molecular weight is 548 g/mol. The number of hydrogen-bond donors (Lipinski definition) is 1. The zero-order valence-electron chi connectivity index (χ0n) is 21.9. The van der Waals surface area contributed by atoms with Crippen LogP contribution in [0.4, 0.5) is 24.8 Å². The normalized spacial score (nSPS) is 13.9. The second kappa shape index (κ2) is 11.3. The minimum atomic E-state index is -4.63. The van der Waals surface area contributed by atoms with Crippen LogP contribution in [-0.2, 0) is 17.4 Å². The fraction of sp³-hybridized carbons (Fsp3) is 0.267. The largest absolute Gasteiger partial charge is 0.477 e. The summed E-state index contributed by atoms with van der Waals surface area (Å²) in [5.41, 5.74) is 8.87. The molecule has 0 radical (unpaired) electrons. The van der Waals surface area contributed by atoms with Crippen molar-refractivity contribution in [2.45, 2.75) is 32.4 Å². The quantitative estimate of drug-likeness (QED) is 0.308. The predicted octanol–water partition coefficient (Wildman–Crippen LogP) is 5.91. The molecule has 1 aliphatic rings. The molecule has 2 aromatic heterocycles. The van der Waals surface area contributed by atoms with Crippen molar-refractivity contribution in [1.29, 1.82) is 0 Å². The van der Waals surface area contributed by atoms with E-state index in [9.17, 15) is 18.0 Å². The number of rotatable bonds is 7. The molecule has 2 aromatic carbocycles. The van der Waals surface area contributed by atoms with Gasteiger partial charge < -0.3 is 15.4 Å². The van der Waals surface area contributed by atoms with Crippen molar-refractivity contribution in [3.63, 3.8) is 0 Å². The summed E-state index contributed by atoms with van der Waals surface area (Å²) in [6.45, 7) is 3.15. The van der Waals surface area contributed by atoms with Gasteiger partial charge in [0.05, 0.1) is 17.9 Å². The Morgan fingerprint density at radius 3 is 2.30 bits per heavy atom. The number of carbonyl (C=O) groups is 1. The Bertz CT molecular complexity index is 1500. The van der Waals surface area contributed by atoms with Crippen LogP contribution in [0.5, 0.6) is 5.88 Å². The molecule has 7 nitrogen and oxygen atoms in total. The van der Waals surface area contributed by atoms with E-state index in [0.717, 1.165) is 17.3 Å². The number of hydrogen-bond acceptors (Lipinski definition) is 7. The molecule has 2 N–H and O–H groups in total. The minimum Gasteiger partial charge on any atom is -0.477 e. The molecule has 1 aliphatic heterocycles. The van der Waals surface area contributed by atoms with Crippen molar-refractivity contribution >= 4 is 17.4 Å². The second-order valence-electron chi connectivity index (χ2n) is 9.65. The SMILES string of the molecule is Cc1cc(-c2c(OCCc3ccc(N4CCC(=O)CC4)cc3)nc(N)nc2-c2ccccc2)cc(C(F)(F)F)n1. The number of aryl methyl sites for hydroxylation is 1. The molecule has 1 fully saturated rings. The smallest absolute Gasteiger partial charge is 0.433 e. The van der Waals surface area contributed by atoms with Crippen LogP contribution in [-0.4, -0.2) is 40.4 Å². The first kappa shape index (κ1) is 27.1. The number of piperidine rings is 1. The molecule has 0 aliphatic carbocycles. The maximum absolute atomic E-state index is 13.6. The summed E-state index contributed by atoms with van der Waals surface area (Å²) in [7, 11) is 0. The predicted molar refractivity (Wildman–Crippen MR) is 147 cm³/mol. The molecular formula is C30H28F3N5O2. The number of aromatic nitrogens is 3. The van der Waals surface area contributed by atoms with Gasteiger partial charge in [-0.2, -0.15) is 18.2 Å². The lowest BCUT2D eigenvalue weighted by Gasteiger charge is -2.28. The third kappa shape index (κ3) is 6.22. The van der Waals surface area contributed by atoms with E-state index in [0.29, 0.717) is 55.0 Å². The van der Waals surface area contributed by atoms with Gasteiger partial charge >= 0.3 is 6.18 Å². The highest BCUT2D eigenvalue weighted by Gasteiger charge is 2.34. The van der Waals surface area contributed by atoms with E-state index in [2.05, 4.69) is 19.9 Å². The number of nitrogens with zero attached hydrogens (tertiary/aromatic N) is 4. The van der Waals surface area contributed by atoms with Crippen molar-refractivity contribution < 1.29 is 22.7 Å². The number of pyridine rings is 1. The highest BCUT2D eigenvalue weighted by atomic mass is 19.4. The van der Waals surface area contributed by atoms with E-state index < -0.39 is 11.9 Å². The van der Waals surface area contributed by atoms with Crippen LogP contribution in [0.25, 0.3) is 22.4 Å². The number of ether oxygens (including phenoxy) is 1. The summed E-state index contributed by atoms with van der Waals surface area (Å²) in [4.78, 5) is 26.1. The first-order chi connectivity index (χ1) is 19.2. The van der Waals surface area contributed by atoms with E-state index in [4.69, 9.17) is 10.5 Å². The first-order valence-corrected chi connectivity index (χ1v) is 12.9. The summed E-state index contributed by atoms with van der Waals surface area (Å²) >= 11 is 0. The number of alkyl halides is 3.